The van der Waals surface area contributed by atoms with Crippen LogP contribution in [0.5, 0.6) is 0 Å². The van der Waals surface area contributed by atoms with E-state index in [0.29, 0.717) is 22.7 Å². The van der Waals surface area contributed by atoms with E-state index in [1.54, 1.807) is 6.07 Å². The molecule has 0 radical (unpaired) electrons. The van der Waals surface area contributed by atoms with Crippen LogP contribution >= 0.6 is 7.60 Å². The van der Waals surface area contributed by atoms with Crippen LogP contribution in [0.4, 0.5) is 5.69 Å². The molecule has 4 atom stereocenters. The van der Waals surface area contributed by atoms with Gasteiger partial charge in [0, 0.05) is 12.2 Å². The van der Waals surface area contributed by atoms with E-state index in [4.69, 9.17) is 9.47 Å². The fraction of sp³-hybridized carbons (Fsp3) is 0.684. The summed E-state index contributed by atoms with van der Waals surface area (Å²) in [6.45, 7) is -2.59. The van der Waals surface area contributed by atoms with E-state index in [1.807, 2.05) is 0 Å². The molecule has 0 spiro atoms. The molecule has 0 aromatic carbocycles. The van der Waals surface area contributed by atoms with Crippen molar-refractivity contribution in [3.8, 4) is 0 Å². The normalized spacial score (nSPS) is 25.9. The predicted octanol–water partition coefficient (Wildman–Crippen LogP) is -1.76. The molecule has 1 aliphatic carbocycles. The number of ether oxygens (including phenoxy) is 2. The van der Waals surface area contributed by atoms with Gasteiger partial charge in [0.1, 0.15) is 18.3 Å². The van der Waals surface area contributed by atoms with Crippen molar-refractivity contribution in [1.29, 1.82) is 0 Å². The summed E-state index contributed by atoms with van der Waals surface area (Å²) in [5, 5.41) is 55.1. The molecule has 1 aliphatic heterocycles. The van der Waals surface area contributed by atoms with E-state index in [2.05, 4.69) is 15.4 Å². The lowest BCUT2D eigenvalue weighted by Gasteiger charge is -2.31. The van der Waals surface area contributed by atoms with Crippen LogP contribution in [0.15, 0.2) is 12.3 Å². The van der Waals surface area contributed by atoms with E-state index in [0.717, 1.165) is 19.4 Å². The summed E-state index contributed by atoms with van der Waals surface area (Å²) in [5.74, 6) is 0.588. The number of rotatable bonds is 11. The Kier molecular flexibility index (Phi) is 7.27. The maximum absolute atomic E-state index is 11.7. The molecule has 1 saturated heterocycles. The summed E-state index contributed by atoms with van der Waals surface area (Å²) in [5.41, 5.74) is 1.35. The molecule has 0 bridgehead atoms. The zero-order valence-corrected chi connectivity index (χ0v) is 19.0. The molecule has 0 amide bonds. The fourth-order valence-corrected chi connectivity index (χ4v) is 4.39. The van der Waals surface area contributed by atoms with Crippen LogP contribution in [0.25, 0.3) is 11.0 Å². The summed E-state index contributed by atoms with van der Waals surface area (Å²) in [6.07, 6.45) is -1.74. The maximum Gasteiger partial charge on any atom is 0.361 e. The number of hydrogen-bond donors (Lipinski definition) is 8. The zero-order chi connectivity index (χ0) is 24.7. The van der Waals surface area contributed by atoms with Gasteiger partial charge in [0.25, 0.3) is 0 Å². The predicted molar refractivity (Wildman–Crippen MR) is 115 cm³/mol. The number of aliphatic hydroxyl groups excluding tert-OH is 5. The number of pyridine rings is 1. The molecule has 190 valence electrons. The second-order valence-corrected chi connectivity index (χ2v) is 10.5. The van der Waals surface area contributed by atoms with Gasteiger partial charge < -0.3 is 50.1 Å². The molecular weight excluding hydrogens is 475 g/mol. The van der Waals surface area contributed by atoms with Crippen molar-refractivity contribution in [3.05, 3.63) is 18.0 Å². The molecule has 2 fully saturated rings. The van der Waals surface area contributed by atoms with Crippen LogP contribution in [0, 0.1) is 5.92 Å². The molecule has 0 unspecified atom stereocenters. The molecule has 2 aromatic rings. The summed E-state index contributed by atoms with van der Waals surface area (Å²) in [4.78, 5) is 23.3. The third-order valence-electron chi connectivity index (χ3n) is 6.18. The number of aliphatic hydroxyl groups is 5. The van der Waals surface area contributed by atoms with Crippen LogP contribution in [-0.2, 0) is 20.6 Å². The van der Waals surface area contributed by atoms with Crippen molar-refractivity contribution in [2.45, 2.75) is 49.3 Å². The molecule has 3 heterocycles. The van der Waals surface area contributed by atoms with Gasteiger partial charge in [-0.1, -0.05) is 0 Å². The molecule has 4 rings (SSSR count). The molecule has 2 aromatic heterocycles. The highest BCUT2D eigenvalue weighted by Crippen LogP contribution is 2.51. The van der Waals surface area contributed by atoms with Crippen molar-refractivity contribution in [1.82, 2.24) is 14.8 Å². The van der Waals surface area contributed by atoms with Gasteiger partial charge in [-0.15, -0.1) is 0 Å². The topological polar surface area (TPSA) is 220 Å². The molecule has 34 heavy (non-hydrogen) atoms. The number of fused-ring (bicyclic) bond motifs is 1. The Morgan fingerprint density at radius 2 is 1.91 bits per heavy atom. The summed E-state index contributed by atoms with van der Waals surface area (Å²) in [7, 11) is -5.10. The molecule has 15 heteroatoms. The van der Waals surface area contributed by atoms with Crippen LogP contribution in [0.1, 0.15) is 24.8 Å². The van der Waals surface area contributed by atoms with Crippen molar-refractivity contribution in [2.75, 3.05) is 31.7 Å². The highest BCUT2D eigenvalue weighted by molar-refractivity contribution is 7.53. The van der Waals surface area contributed by atoms with Gasteiger partial charge >= 0.3 is 7.60 Å². The van der Waals surface area contributed by atoms with Crippen molar-refractivity contribution >= 4 is 24.3 Å². The third-order valence-corrected chi connectivity index (χ3v) is 7.65. The first-order valence-electron chi connectivity index (χ1n) is 10.8. The van der Waals surface area contributed by atoms with E-state index in [9.17, 15) is 39.9 Å². The van der Waals surface area contributed by atoms with E-state index in [1.165, 1.54) is 10.9 Å². The Morgan fingerprint density at radius 3 is 2.50 bits per heavy atom. The highest BCUT2D eigenvalue weighted by atomic mass is 31.2. The number of nitrogens with one attached hydrogen (secondary N) is 1. The Balaban J connectivity index is 1.57. The molecule has 1 saturated carbocycles. The lowest BCUT2D eigenvalue weighted by Crippen LogP contribution is -2.44. The standard InChI is InChI=1S/C19H29N4O10P/c24-6-11-3-13(20-4-10-1-2-10)12-5-21-23(17(12)22-11)18-16(28)15(27)14(33-18)7-32-19(8-25,9-26)34(29,30)31/h3,5,10,14-16,18,24-28H,1-2,4,6-9H2,(H,20,22)(H2,29,30,31)/t14-,15-,16-,18-/m1/s1. The third kappa shape index (κ3) is 4.71. The number of aromatic nitrogens is 3. The quantitative estimate of drug-likeness (QED) is 0.159. The SMILES string of the molecule is O=P(O)(O)C(CO)(CO)OC[C@H]1O[C@@H](n2ncc3c(NCC4CC4)cc(CO)nc32)[C@H](O)[C@@H]1O. The van der Waals surface area contributed by atoms with Gasteiger partial charge in [-0.05, 0) is 24.8 Å². The van der Waals surface area contributed by atoms with E-state index < -0.39 is 57.3 Å². The van der Waals surface area contributed by atoms with Gasteiger partial charge in [-0.3, -0.25) is 4.57 Å². The van der Waals surface area contributed by atoms with Crippen molar-refractivity contribution in [3.63, 3.8) is 0 Å². The van der Waals surface area contributed by atoms with E-state index >= 15 is 0 Å². The Hall–Kier alpha value is -1.71. The fourth-order valence-electron chi connectivity index (χ4n) is 3.78. The first-order chi connectivity index (χ1) is 16.1. The lowest BCUT2D eigenvalue weighted by atomic mass is 10.1. The number of nitrogens with zero attached hydrogens (tertiary/aromatic N) is 3. The van der Waals surface area contributed by atoms with Crippen LogP contribution < -0.4 is 5.32 Å². The van der Waals surface area contributed by atoms with Crippen LogP contribution in [-0.4, -0.2) is 100 Å². The number of anilines is 1. The first-order valence-corrected chi connectivity index (χ1v) is 12.4. The summed E-state index contributed by atoms with van der Waals surface area (Å²) < 4.78 is 23.8. The minimum atomic E-state index is -5.10. The molecule has 8 N–H and O–H groups in total. The van der Waals surface area contributed by atoms with Crippen LogP contribution in [0.3, 0.4) is 0 Å². The second-order valence-electron chi connectivity index (χ2n) is 8.63. The number of hydrogen-bond acceptors (Lipinski definition) is 11. The Bertz CT molecular complexity index is 1050. The van der Waals surface area contributed by atoms with Crippen LogP contribution in [0.2, 0.25) is 0 Å². The largest absolute Gasteiger partial charge is 0.393 e. The minimum Gasteiger partial charge on any atom is -0.393 e. The molecule has 14 nitrogen and oxygen atoms in total. The van der Waals surface area contributed by atoms with Gasteiger partial charge in [-0.25, -0.2) is 9.67 Å². The molecular formula is C19H29N4O10P. The summed E-state index contributed by atoms with van der Waals surface area (Å²) in [6, 6.07) is 1.71. The van der Waals surface area contributed by atoms with Gasteiger partial charge in [0.15, 0.2) is 11.9 Å². The maximum atomic E-state index is 11.7. The smallest absolute Gasteiger partial charge is 0.361 e. The lowest BCUT2D eigenvalue weighted by molar-refractivity contribution is -0.121. The van der Waals surface area contributed by atoms with Gasteiger partial charge in [0.05, 0.1) is 43.7 Å². The average Bonchev–Trinajstić information content (AvgIpc) is 3.48. The van der Waals surface area contributed by atoms with Gasteiger partial charge in [-0.2, -0.15) is 5.10 Å². The van der Waals surface area contributed by atoms with Gasteiger partial charge in [0.2, 0.25) is 5.34 Å². The zero-order valence-electron chi connectivity index (χ0n) is 18.1. The highest BCUT2D eigenvalue weighted by Gasteiger charge is 2.51. The Morgan fingerprint density at radius 1 is 1.21 bits per heavy atom. The van der Waals surface area contributed by atoms with E-state index in [-0.39, 0.29) is 12.3 Å². The first kappa shape index (κ1) is 25.4. The monoisotopic (exact) mass is 504 g/mol. The average molecular weight is 504 g/mol. The van der Waals surface area contributed by atoms with Crippen molar-refractivity contribution in [2.24, 2.45) is 5.92 Å². The summed E-state index contributed by atoms with van der Waals surface area (Å²) >= 11 is 0. The Labute approximate surface area is 193 Å². The van der Waals surface area contributed by atoms with Crippen molar-refractivity contribution < 1.29 is 49.4 Å². The second kappa shape index (κ2) is 9.74. The minimum absolute atomic E-state index is 0.290. The molecule has 2 aliphatic rings.